The van der Waals surface area contributed by atoms with Crippen molar-refractivity contribution in [1.82, 2.24) is 20.0 Å². The first-order valence-electron chi connectivity index (χ1n) is 18.0. The van der Waals surface area contributed by atoms with Crippen molar-refractivity contribution >= 4 is 29.8 Å². The Hall–Kier alpha value is -4.53. The Morgan fingerprint density at radius 2 is 1.96 bits per heavy atom. The number of hydrogen-bond acceptors (Lipinski definition) is 10. The molecule has 2 saturated heterocycles. The molecule has 0 radical (unpaired) electrons. The normalized spacial score (nSPS) is 26.5. The van der Waals surface area contributed by atoms with Crippen molar-refractivity contribution < 1.29 is 38.1 Å². The molecule has 15 nitrogen and oxygen atoms in total. The average molecular weight is 710 g/mol. The maximum absolute atomic E-state index is 14.2. The summed E-state index contributed by atoms with van der Waals surface area (Å²) in [7, 11) is 3.82. The van der Waals surface area contributed by atoms with Gasteiger partial charge in [0.2, 0.25) is 5.91 Å². The summed E-state index contributed by atoms with van der Waals surface area (Å²) in [5.74, 6) is 1.09. The monoisotopic (exact) mass is 709 g/mol. The number of likely N-dealkylation sites (N-methyl/N-ethyl adjacent to an activating group) is 1. The fraction of sp³-hybridized carbons (Fsp3) is 0.639. The Morgan fingerprint density at radius 1 is 1.16 bits per heavy atom. The molecule has 2 fully saturated rings. The fourth-order valence-electron chi connectivity index (χ4n) is 8.96. The number of Topliss-reactive ketones (excluding diaryl/α,β-unsaturated/α-hetero) is 1. The maximum atomic E-state index is 14.2. The number of guanidine groups is 1. The first-order chi connectivity index (χ1) is 24.5. The molecule has 1 aromatic rings. The van der Waals surface area contributed by atoms with Gasteiger partial charge in [0.05, 0.1) is 19.8 Å². The number of methoxy groups -OCH3 is 1. The molecule has 3 aliphatic heterocycles. The molecular formula is C36H51N7O8. The van der Waals surface area contributed by atoms with E-state index in [1.165, 1.54) is 23.0 Å². The summed E-state index contributed by atoms with van der Waals surface area (Å²) in [5.41, 5.74) is 12.9. The van der Waals surface area contributed by atoms with Gasteiger partial charge in [0, 0.05) is 62.1 Å². The smallest absolute Gasteiger partial charge is 0.415 e. The van der Waals surface area contributed by atoms with Crippen LogP contribution in [0.4, 0.5) is 9.59 Å². The van der Waals surface area contributed by atoms with E-state index in [0.717, 1.165) is 31.6 Å². The maximum Gasteiger partial charge on any atom is 0.415 e. The molecule has 1 aromatic carbocycles. The molecule has 3 heterocycles. The van der Waals surface area contributed by atoms with E-state index in [-0.39, 0.29) is 62.3 Å². The number of carbonyl (C=O) groups excluding carboxylic acids is 4. The highest BCUT2D eigenvalue weighted by Gasteiger charge is 2.65. The van der Waals surface area contributed by atoms with Gasteiger partial charge in [0.25, 0.3) is 0 Å². The average Bonchev–Trinajstić information content (AvgIpc) is 3.46. The molecule has 6 rings (SSSR count). The van der Waals surface area contributed by atoms with Crippen molar-refractivity contribution in [2.45, 2.75) is 76.0 Å². The molecule has 5 N–H and O–H groups in total. The number of amides is 3. The predicted molar refractivity (Wildman–Crippen MR) is 187 cm³/mol. The molecule has 2 aliphatic carbocycles. The number of aliphatic imine (C=N–C) groups is 1. The van der Waals surface area contributed by atoms with Crippen LogP contribution in [-0.4, -0.2) is 123 Å². The van der Waals surface area contributed by atoms with E-state index < -0.39 is 30.3 Å². The molecule has 278 valence electrons. The first-order valence-corrected chi connectivity index (χ1v) is 18.0. The SMILES string of the molecule is CCOC(=O)N1CCN(C(=O)OC2=CC[C@H]3[C@H]4Cc5ccc(OC)c6c5[C@@]3(CCN4C)[C@H]2O6)[C@@H](CNC(=O)[C@H](CCCN=C(N)N)CC(C)=O)C1. The Morgan fingerprint density at radius 3 is 2.69 bits per heavy atom. The number of piperidine rings is 1. The molecule has 3 amide bonds. The molecule has 15 heteroatoms. The van der Waals surface area contributed by atoms with Gasteiger partial charge >= 0.3 is 12.2 Å². The number of rotatable bonds is 12. The number of nitrogens with zero attached hydrogens (tertiary/aromatic N) is 4. The Labute approximate surface area is 298 Å². The van der Waals surface area contributed by atoms with Gasteiger partial charge in [-0.15, -0.1) is 0 Å². The third-order valence-electron chi connectivity index (χ3n) is 11.3. The number of ketones is 1. The molecule has 1 spiro atoms. The van der Waals surface area contributed by atoms with Crippen LogP contribution < -0.4 is 26.3 Å². The molecule has 0 unspecified atom stereocenters. The summed E-state index contributed by atoms with van der Waals surface area (Å²) in [6.45, 7) is 5.18. The second-order valence-electron chi connectivity index (χ2n) is 14.3. The summed E-state index contributed by atoms with van der Waals surface area (Å²) in [4.78, 5) is 61.8. The minimum atomic E-state index is -0.620. The van der Waals surface area contributed by atoms with E-state index in [2.05, 4.69) is 28.3 Å². The minimum absolute atomic E-state index is 0.0377. The van der Waals surface area contributed by atoms with Crippen molar-refractivity contribution in [2.24, 2.45) is 28.3 Å². The third kappa shape index (κ3) is 6.91. The zero-order valence-electron chi connectivity index (χ0n) is 30.0. The van der Waals surface area contributed by atoms with Gasteiger partial charge in [0.15, 0.2) is 23.6 Å². The molecule has 0 saturated carbocycles. The molecule has 6 atom stereocenters. The molecular weight excluding hydrogens is 658 g/mol. The lowest BCUT2D eigenvalue weighted by molar-refractivity contribution is -0.129. The van der Waals surface area contributed by atoms with Crippen LogP contribution in [0.15, 0.2) is 29.0 Å². The highest BCUT2D eigenvalue weighted by atomic mass is 16.6. The van der Waals surface area contributed by atoms with Crippen LogP contribution >= 0.6 is 0 Å². The van der Waals surface area contributed by atoms with Gasteiger partial charge in [0.1, 0.15) is 11.5 Å². The van der Waals surface area contributed by atoms with E-state index in [0.29, 0.717) is 42.9 Å². The minimum Gasteiger partial charge on any atom is -0.493 e. The van der Waals surface area contributed by atoms with Crippen LogP contribution in [0.2, 0.25) is 0 Å². The predicted octanol–water partition coefficient (Wildman–Crippen LogP) is 1.90. The quantitative estimate of drug-likeness (QED) is 0.163. The van der Waals surface area contributed by atoms with E-state index in [9.17, 15) is 19.2 Å². The standard InChI is InChI=1S/C36H51N7O8/c1-5-49-34(46)42-15-16-43(24(20-42)19-40-32(45)23(17-21(2)44)7-6-13-39-33(37)38)35(47)50-28-11-9-25-26-18-22-8-10-27(48-4)30-29(22)36(25,31(28)51-30)12-14-41(26)3/h8,10-11,23-26,31H,5-7,9,12-20H2,1-4H3,(H,40,45)(H4,37,38,39)/t23-,24+,25+,26-,31+,36+/m1/s1. The Balaban J connectivity index is 1.20. The number of nitrogens with one attached hydrogen (secondary N) is 1. The van der Waals surface area contributed by atoms with Gasteiger partial charge in [-0.05, 0) is 83.2 Å². The molecule has 0 aromatic heterocycles. The number of carbonyl (C=O) groups is 4. The Bertz CT molecular complexity index is 1590. The van der Waals surface area contributed by atoms with Gasteiger partial charge < -0.3 is 50.3 Å². The Kier molecular flexibility index (Phi) is 10.7. The number of allylic oxidation sites excluding steroid dienone is 1. The fourth-order valence-corrected chi connectivity index (χ4v) is 8.96. The largest absolute Gasteiger partial charge is 0.493 e. The highest BCUT2D eigenvalue weighted by Crippen LogP contribution is 2.63. The third-order valence-corrected chi connectivity index (χ3v) is 11.3. The second-order valence-corrected chi connectivity index (χ2v) is 14.3. The van der Waals surface area contributed by atoms with Gasteiger partial charge in [-0.1, -0.05) is 6.07 Å². The van der Waals surface area contributed by atoms with E-state index >= 15 is 0 Å². The summed E-state index contributed by atoms with van der Waals surface area (Å²) in [6, 6.07) is 3.82. The number of likely N-dealkylation sites (tertiary alicyclic amines) is 1. The van der Waals surface area contributed by atoms with Crippen LogP contribution in [0.5, 0.6) is 11.5 Å². The lowest BCUT2D eigenvalue weighted by Gasteiger charge is -2.56. The number of ether oxygens (including phenoxy) is 4. The zero-order valence-corrected chi connectivity index (χ0v) is 30.0. The molecule has 51 heavy (non-hydrogen) atoms. The molecule has 2 bridgehead atoms. The van der Waals surface area contributed by atoms with E-state index in [1.807, 2.05) is 12.1 Å². The summed E-state index contributed by atoms with van der Waals surface area (Å²) < 4.78 is 24.0. The topological polar surface area (TPSA) is 191 Å². The lowest BCUT2D eigenvalue weighted by atomic mass is 9.53. The van der Waals surface area contributed by atoms with Gasteiger partial charge in [-0.2, -0.15) is 0 Å². The lowest BCUT2D eigenvalue weighted by Crippen LogP contribution is -2.64. The number of benzene rings is 1. The number of nitrogens with two attached hydrogens (primary N) is 2. The summed E-state index contributed by atoms with van der Waals surface area (Å²) in [5, 5.41) is 2.94. The van der Waals surface area contributed by atoms with Crippen molar-refractivity contribution in [1.29, 1.82) is 0 Å². The van der Waals surface area contributed by atoms with Crippen molar-refractivity contribution in [3.63, 3.8) is 0 Å². The van der Waals surface area contributed by atoms with Crippen LogP contribution in [-0.2, 0) is 30.9 Å². The first kappa shape index (κ1) is 36.3. The van der Waals surface area contributed by atoms with E-state index in [4.69, 9.17) is 30.4 Å². The van der Waals surface area contributed by atoms with Crippen molar-refractivity contribution in [2.75, 3.05) is 60.0 Å². The highest BCUT2D eigenvalue weighted by molar-refractivity contribution is 5.85. The zero-order chi connectivity index (χ0) is 36.4. The second kappa shape index (κ2) is 15.0. The van der Waals surface area contributed by atoms with Gasteiger partial charge in [-0.25, -0.2) is 9.59 Å². The number of piperazine rings is 1. The van der Waals surface area contributed by atoms with Gasteiger partial charge in [-0.3, -0.25) is 14.7 Å². The number of hydrogen-bond donors (Lipinski definition) is 3. The van der Waals surface area contributed by atoms with Crippen molar-refractivity contribution in [3.05, 3.63) is 35.1 Å². The van der Waals surface area contributed by atoms with E-state index in [1.54, 1.807) is 18.9 Å². The summed E-state index contributed by atoms with van der Waals surface area (Å²) >= 11 is 0. The summed E-state index contributed by atoms with van der Waals surface area (Å²) in [6.07, 6.45) is 3.93. The van der Waals surface area contributed by atoms with Crippen LogP contribution in [0.3, 0.4) is 0 Å². The van der Waals surface area contributed by atoms with Crippen LogP contribution in [0, 0.1) is 11.8 Å². The van der Waals surface area contributed by atoms with Crippen LogP contribution in [0.25, 0.3) is 0 Å². The van der Waals surface area contributed by atoms with Crippen LogP contribution in [0.1, 0.15) is 57.1 Å². The molecule has 5 aliphatic rings. The van der Waals surface area contributed by atoms with Crippen molar-refractivity contribution in [3.8, 4) is 11.5 Å².